The van der Waals surface area contributed by atoms with Gasteiger partial charge in [0.15, 0.2) is 0 Å². The first-order valence-corrected chi connectivity index (χ1v) is 6.21. The van der Waals surface area contributed by atoms with Gasteiger partial charge in [-0.05, 0) is 38.7 Å². The summed E-state index contributed by atoms with van der Waals surface area (Å²) in [6, 6.07) is 2.51. The predicted octanol–water partition coefficient (Wildman–Crippen LogP) is 1.30. The topological polar surface area (TPSA) is 50.1 Å². The number of aliphatic hydroxyl groups is 1. The zero-order valence-electron chi connectivity index (χ0n) is 9.89. The number of nitrogens with zero attached hydrogens (tertiary/aromatic N) is 2. The van der Waals surface area contributed by atoms with E-state index in [1.54, 1.807) is 0 Å². The van der Waals surface area contributed by atoms with Gasteiger partial charge in [-0.1, -0.05) is 0 Å². The molecule has 4 heteroatoms. The molecule has 0 spiro atoms. The van der Waals surface area contributed by atoms with E-state index in [9.17, 15) is 5.11 Å². The molecule has 2 unspecified atom stereocenters. The molecule has 0 bridgehead atoms. The van der Waals surface area contributed by atoms with Crippen molar-refractivity contribution < 1.29 is 5.11 Å². The molecular weight excluding hydrogens is 202 g/mol. The highest BCUT2D eigenvalue weighted by Gasteiger charge is 2.19. The maximum atomic E-state index is 9.58. The van der Waals surface area contributed by atoms with Gasteiger partial charge < -0.3 is 10.4 Å². The van der Waals surface area contributed by atoms with E-state index in [4.69, 9.17) is 0 Å². The molecule has 1 aliphatic carbocycles. The molecule has 90 valence electrons. The van der Waals surface area contributed by atoms with Crippen LogP contribution >= 0.6 is 0 Å². The van der Waals surface area contributed by atoms with Crippen molar-refractivity contribution in [1.29, 1.82) is 0 Å². The van der Waals surface area contributed by atoms with Crippen molar-refractivity contribution in [2.24, 2.45) is 0 Å². The molecule has 0 aromatic carbocycles. The lowest BCUT2D eigenvalue weighted by molar-refractivity contribution is 0.111. The number of nitrogens with one attached hydrogen (secondary N) is 1. The van der Waals surface area contributed by atoms with E-state index < -0.39 is 0 Å². The Balaban J connectivity index is 1.82. The second-order valence-corrected chi connectivity index (χ2v) is 4.54. The van der Waals surface area contributed by atoms with E-state index in [0.29, 0.717) is 6.04 Å². The molecule has 2 atom stereocenters. The van der Waals surface area contributed by atoms with Crippen LogP contribution in [-0.4, -0.2) is 27.0 Å². The van der Waals surface area contributed by atoms with Gasteiger partial charge in [0.1, 0.15) is 0 Å². The summed E-state index contributed by atoms with van der Waals surface area (Å²) < 4.78 is 2.01. The van der Waals surface area contributed by atoms with E-state index >= 15 is 0 Å². The Labute approximate surface area is 96.7 Å². The lowest BCUT2D eigenvalue weighted by Crippen LogP contribution is -2.36. The fourth-order valence-electron chi connectivity index (χ4n) is 2.39. The molecule has 0 saturated heterocycles. The minimum Gasteiger partial charge on any atom is -0.393 e. The molecule has 2 N–H and O–H groups in total. The van der Waals surface area contributed by atoms with E-state index in [-0.39, 0.29) is 6.10 Å². The zero-order valence-corrected chi connectivity index (χ0v) is 9.89. The van der Waals surface area contributed by atoms with Crippen molar-refractivity contribution in [2.45, 2.75) is 57.8 Å². The number of aliphatic hydroxyl groups excluding tert-OH is 1. The van der Waals surface area contributed by atoms with Crippen molar-refractivity contribution in [1.82, 2.24) is 15.1 Å². The first-order chi connectivity index (χ1) is 7.79. The summed E-state index contributed by atoms with van der Waals surface area (Å²) in [5.74, 6) is 0. The molecule has 0 radical (unpaired) electrons. The molecule has 2 rings (SSSR count). The van der Waals surface area contributed by atoms with Crippen LogP contribution in [0.1, 0.15) is 38.3 Å². The summed E-state index contributed by atoms with van der Waals surface area (Å²) in [7, 11) is 0. The summed E-state index contributed by atoms with van der Waals surface area (Å²) in [5.41, 5.74) is 1.22. The second kappa shape index (κ2) is 5.46. The summed E-state index contributed by atoms with van der Waals surface area (Å²) in [5, 5.41) is 17.3. The summed E-state index contributed by atoms with van der Waals surface area (Å²) in [4.78, 5) is 0. The highest BCUT2D eigenvalue weighted by atomic mass is 16.3. The van der Waals surface area contributed by atoms with E-state index in [1.165, 1.54) is 12.1 Å². The fourth-order valence-corrected chi connectivity index (χ4v) is 2.39. The Bertz CT molecular complexity index is 324. The monoisotopic (exact) mass is 223 g/mol. The molecule has 16 heavy (non-hydrogen) atoms. The normalized spacial score (nSPS) is 25.9. The number of hydrogen-bond acceptors (Lipinski definition) is 3. The van der Waals surface area contributed by atoms with Crippen LogP contribution in [0.4, 0.5) is 0 Å². The van der Waals surface area contributed by atoms with E-state index in [0.717, 1.165) is 32.4 Å². The lowest BCUT2D eigenvalue weighted by atomic mass is 9.93. The van der Waals surface area contributed by atoms with Crippen LogP contribution in [0, 0.1) is 0 Å². The number of hydrogen-bond donors (Lipinski definition) is 2. The largest absolute Gasteiger partial charge is 0.393 e. The highest BCUT2D eigenvalue weighted by molar-refractivity contribution is 5.00. The summed E-state index contributed by atoms with van der Waals surface area (Å²) in [6.45, 7) is 3.86. The van der Waals surface area contributed by atoms with Crippen molar-refractivity contribution in [3.05, 3.63) is 18.0 Å². The average Bonchev–Trinajstić information content (AvgIpc) is 2.74. The van der Waals surface area contributed by atoms with Gasteiger partial charge in [0.25, 0.3) is 0 Å². The second-order valence-electron chi connectivity index (χ2n) is 4.54. The molecule has 1 saturated carbocycles. The molecule has 0 aliphatic heterocycles. The minimum atomic E-state index is -0.109. The summed E-state index contributed by atoms with van der Waals surface area (Å²) in [6.07, 6.45) is 5.90. The summed E-state index contributed by atoms with van der Waals surface area (Å²) >= 11 is 0. The molecule has 4 nitrogen and oxygen atoms in total. The molecule has 1 heterocycles. The molecule has 0 amide bonds. The maximum Gasteiger partial charge on any atom is 0.0555 e. The maximum absolute atomic E-state index is 9.58. The van der Waals surface area contributed by atoms with Crippen LogP contribution in [-0.2, 0) is 13.1 Å². The molecule has 1 aliphatic rings. The third kappa shape index (κ3) is 2.83. The van der Waals surface area contributed by atoms with Gasteiger partial charge in [0.2, 0.25) is 0 Å². The third-order valence-corrected chi connectivity index (χ3v) is 3.32. The van der Waals surface area contributed by atoms with Crippen LogP contribution in [0.3, 0.4) is 0 Å². The van der Waals surface area contributed by atoms with Crippen molar-refractivity contribution in [2.75, 3.05) is 0 Å². The lowest BCUT2D eigenvalue weighted by Gasteiger charge is -2.26. The highest BCUT2D eigenvalue weighted by Crippen LogP contribution is 2.18. The average molecular weight is 223 g/mol. The number of rotatable bonds is 4. The first-order valence-electron chi connectivity index (χ1n) is 6.21. The van der Waals surface area contributed by atoms with Gasteiger partial charge in [-0.15, -0.1) is 0 Å². The standard InChI is InChI=1S/C12H21N3O/c1-2-15-11(6-7-14-15)9-13-10-4-3-5-12(16)8-10/h6-7,10,12-13,16H,2-5,8-9H2,1H3. The Morgan fingerprint density at radius 1 is 1.56 bits per heavy atom. The Morgan fingerprint density at radius 2 is 2.44 bits per heavy atom. The van der Waals surface area contributed by atoms with Crippen LogP contribution in [0.5, 0.6) is 0 Å². The quantitative estimate of drug-likeness (QED) is 0.809. The number of aromatic nitrogens is 2. The Hall–Kier alpha value is -0.870. The van der Waals surface area contributed by atoms with Gasteiger partial charge in [0, 0.05) is 25.3 Å². The minimum absolute atomic E-state index is 0.109. The zero-order chi connectivity index (χ0) is 11.4. The molecule has 1 aromatic heterocycles. The van der Waals surface area contributed by atoms with Crippen LogP contribution in [0.25, 0.3) is 0 Å². The smallest absolute Gasteiger partial charge is 0.0555 e. The first kappa shape index (κ1) is 11.6. The van der Waals surface area contributed by atoms with E-state index in [2.05, 4.69) is 23.4 Å². The van der Waals surface area contributed by atoms with Gasteiger partial charge >= 0.3 is 0 Å². The Morgan fingerprint density at radius 3 is 3.19 bits per heavy atom. The van der Waals surface area contributed by atoms with Gasteiger partial charge in [-0.2, -0.15) is 5.10 Å². The predicted molar refractivity (Wildman–Crippen MR) is 63.0 cm³/mol. The molecule has 1 fully saturated rings. The van der Waals surface area contributed by atoms with E-state index in [1.807, 2.05) is 10.9 Å². The van der Waals surface area contributed by atoms with Crippen molar-refractivity contribution in [3.8, 4) is 0 Å². The van der Waals surface area contributed by atoms with Gasteiger partial charge in [-0.25, -0.2) is 0 Å². The number of aryl methyl sites for hydroxylation is 1. The van der Waals surface area contributed by atoms with Crippen molar-refractivity contribution in [3.63, 3.8) is 0 Å². The Kier molecular flexibility index (Phi) is 3.96. The van der Waals surface area contributed by atoms with Crippen LogP contribution < -0.4 is 5.32 Å². The van der Waals surface area contributed by atoms with Crippen LogP contribution in [0.15, 0.2) is 12.3 Å². The third-order valence-electron chi connectivity index (χ3n) is 3.32. The molecule has 1 aromatic rings. The SMILES string of the molecule is CCn1nccc1CNC1CCCC(O)C1. The van der Waals surface area contributed by atoms with Crippen LogP contribution in [0.2, 0.25) is 0 Å². The fraction of sp³-hybridized carbons (Fsp3) is 0.750. The van der Waals surface area contributed by atoms with Crippen molar-refractivity contribution >= 4 is 0 Å². The van der Waals surface area contributed by atoms with Gasteiger partial charge in [0.05, 0.1) is 11.8 Å². The molecular formula is C12H21N3O. The van der Waals surface area contributed by atoms with Gasteiger partial charge in [-0.3, -0.25) is 4.68 Å².